The number of pyridine rings is 1. The molecule has 0 aliphatic heterocycles. The van der Waals surface area contributed by atoms with E-state index in [2.05, 4.69) is 0 Å². The van der Waals surface area contributed by atoms with Gasteiger partial charge in [0.2, 0.25) is 0 Å². The van der Waals surface area contributed by atoms with Crippen LogP contribution in [-0.4, -0.2) is 10.4 Å². The number of rotatable bonds is 3. The summed E-state index contributed by atoms with van der Waals surface area (Å²) in [4.78, 5) is 23.4. The van der Waals surface area contributed by atoms with E-state index in [0.717, 1.165) is 16.7 Å². The van der Waals surface area contributed by atoms with Crippen molar-refractivity contribution in [2.24, 2.45) is 0 Å². The van der Waals surface area contributed by atoms with Crippen LogP contribution in [0.2, 0.25) is 5.02 Å². The monoisotopic (exact) mass is 315 g/mol. The van der Waals surface area contributed by atoms with Gasteiger partial charge in [-0.25, -0.2) is 13.2 Å². The predicted octanol–water partition coefficient (Wildman–Crippen LogP) is 3.17. The summed E-state index contributed by atoms with van der Waals surface area (Å²) in [6.45, 7) is 0.961. The Kier molecular flexibility index (Phi) is 4.18. The average molecular weight is 316 g/mol. The van der Waals surface area contributed by atoms with E-state index in [1.165, 1.54) is 19.2 Å². The highest BCUT2D eigenvalue weighted by Gasteiger charge is 2.13. The zero-order valence-electron chi connectivity index (χ0n) is 10.8. The van der Waals surface area contributed by atoms with Gasteiger partial charge in [0.05, 0.1) is 17.1 Å². The third-order valence-corrected chi connectivity index (χ3v) is 3.04. The number of hydrogen-bond acceptors (Lipinski definition) is 2. The van der Waals surface area contributed by atoms with E-state index in [-0.39, 0.29) is 22.7 Å². The molecule has 0 aliphatic rings. The number of Topliss-reactive ketones (excluding diaryl/α,β-unsaturated/α-hetero) is 1. The molecule has 0 radical (unpaired) electrons. The third kappa shape index (κ3) is 3.16. The molecule has 7 heteroatoms. The molecular weight excluding hydrogens is 307 g/mol. The zero-order valence-corrected chi connectivity index (χ0v) is 11.5. The number of ketones is 1. The fourth-order valence-electron chi connectivity index (χ4n) is 1.86. The summed E-state index contributed by atoms with van der Waals surface area (Å²) in [6.07, 6.45) is 1.23. The highest BCUT2D eigenvalue weighted by atomic mass is 35.5. The van der Waals surface area contributed by atoms with Gasteiger partial charge >= 0.3 is 0 Å². The second-order valence-corrected chi connectivity index (χ2v) is 4.87. The molecule has 110 valence electrons. The number of hydrogen-bond donors (Lipinski definition) is 0. The van der Waals surface area contributed by atoms with Crippen LogP contribution in [0.25, 0.3) is 0 Å². The molecule has 1 aromatic carbocycles. The molecule has 0 fully saturated rings. The molecule has 2 rings (SSSR count). The van der Waals surface area contributed by atoms with Crippen molar-refractivity contribution in [1.82, 2.24) is 4.57 Å². The van der Waals surface area contributed by atoms with E-state index in [1.807, 2.05) is 0 Å². The summed E-state index contributed by atoms with van der Waals surface area (Å²) in [7, 11) is 0. The van der Waals surface area contributed by atoms with Crippen molar-refractivity contribution in [3.8, 4) is 0 Å². The first kappa shape index (κ1) is 15.3. The molecule has 0 atom stereocenters. The Balaban J connectivity index is 2.50. The maximum absolute atomic E-state index is 13.1. The molecule has 2 aromatic rings. The minimum absolute atomic E-state index is 0.0327. The summed E-state index contributed by atoms with van der Waals surface area (Å²) in [5, 5.41) is 0.128. The third-order valence-electron chi connectivity index (χ3n) is 2.83. The molecule has 0 amide bonds. The first-order chi connectivity index (χ1) is 9.79. The van der Waals surface area contributed by atoms with Gasteiger partial charge in [-0.2, -0.15) is 0 Å². The van der Waals surface area contributed by atoms with Crippen LogP contribution in [0.15, 0.2) is 29.2 Å². The number of carbonyl (C=O) groups excluding carboxylic acids is 1. The Morgan fingerprint density at radius 2 is 1.76 bits per heavy atom. The van der Waals surface area contributed by atoms with E-state index < -0.39 is 28.8 Å². The molecule has 0 spiro atoms. The van der Waals surface area contributed by atoms with Crippen molar-refractivity contribution in [1.29, 1.82) is 0 Å². The maximum atomic E-state index is 13.1. The fraction of sp³-hybridized carbons (Fsp3) is 0.143. The first-order valence-corrected chi connectivity index (χ1v) is 6.21. The molecule has 1 heterocycles. The normalized spacial score (nSPS) is 10.7. The maximum Gasteiger partial charge on any atom is 0.261 e. The van der Waals surface area contributed by atoms with Gasteiger partial charge in [-0.05, 0) is 30.7 Å². The number of carbonyl (C=O) groups is 1. The van der Waals surface area contributed by atoms with Gasteiger partial charge in [0.25, 0.3) is 5.56 Å². The van der Waals surface area contributed by atoms with Crippen LogP contribution in [0.3, 0.4) is 0 Å². The van der Waals surface area contributed by atoms with Crippen molar-refractivity contribution in [3.63, 3.8) is 0 Å². The topological polar surface area (TPSA) is 39.1 Å². The molecule has 21 heavy (non-hydrogen) atoms. The standard InChI is InChI=1S/C14H9ClF3NO2/c1-7(20)10-4-9(15)6-19(14(10)21)5-8-2-11(16)13(18)12(17)3-8/h2-4,6H,5H2,1H3. The largest absolute Gasteiger partial charge is 0.309 e. The number of benzene rings is 1. The SMILES string of the molecule is CC(=O)c1cc(Cl)cn(Cc2cc(F)c(F)c(F)c2)c1=O. The smallest absolute Gasteiger partial charge is 0.261 e. The Morgan fingerprint density at radius 3 is 2.29 bits per heavy atom. The van der Waals surface area contributed by atoms with Gasteiger partial charge in [-0.3, -0.25) is 9.59 Å². The minimum Gasteiger partial charge on any atom is -0.309 e. The molecule has 0 saturated carbocycles. The first-order valence-electron chi connectivity index (χ1n) is 5.84. The van der Waals surface area contributed by atoms with Gasteiger partial charge < -0.3 is 4.57 Å². The summed E-state index contributed by atoms with van der Waals surface area (Å²) >= 11 is 5.80. The average Bonchev–Trinajstić information content (AvgIpc) is 2.39. The van der Waals surface area contributed by atoms with Crippen molar-refractivity contribution < 1.29 is 18.0 Å². The summed E-state index contributed by atoms with van der Waals surface area (Å²) in [6, 6.07) is 2.77. The Labute approximate surface area is 122 Å². The van der Waals surface area contributed by atoms with Crippen LogP contribution in [0, 0.1) is 17.5 Å². The minimum atomic E-state index is -1.58. The van der Waals surface area contributed by atoms with Gasteiger partial charge in [-0.15, -0.1) is 0 Å². The highest BCUT2D eigenvalue weighted by Crippen LogP contribution is 2.15. The lowest BCUT2D eigenvalue weighted by atomic mass is 10.1. The Hall–Kier alpha value is -2.08. The quantitative estimate of drug-likeness (QED) is 0.644. The fourth-order valence-corrected chi connectivity index (χ4v) is 2.09. The predicted molar refractivity (Wildman–Crippen MR) is 71.1 cm³/mol. The highest BCUT2D eigenvalue weighted by molar-refractivity contribution is 6.30. The summed E-state index contributed by atoms with van der Waals surface area (Å²) in [5.74, 6) is -4.77. The number of halogens is 4. The lowest BCUT2D eigenvalue weighted by molar-refractivity contribution is 0.101. The van der Waals surface area contributed by atoms with Crippen molar-refractivity contribution >= 4 is 17.4 Å². The van der Waals surface area contributed by atoms with Crippen molar-refractivity contribution in [2.45, 2.75) is 13.5 Å². The molecular formula is C14H9ClF3NO2. The lowest BCUT2D eigenvalue weighted by Gasteiger charge is -2.09. The van der Waals surface area contributed by atoms with Crippen molar-refractivity contribution in [2.75, 3.05) is 0 Å². The molecule has 0 saturated heterocycles. The Morgan fingerprint density at radius 1 is 1.19 bits per heavy atom. The zero-order chi connectivity index (χ0) is 15.7. The number of nitrogens with zero attached hydrogens (tertiary/aromatic N) is 1. The van der Waals surface area contributed by atoms with E-state index >= 15 is 0 Å². The van der Waals surface area contributed by atoms with Crippen LogP contribution in [0.5, 0.6) is 0 Å². The molecule has 0 unspecified atom stereocenters. The second kappa shape index (κ2) is 5.73. The van der Waals surface area contributed by atoms with E-state index in [1.54, 1.807) is 0 Å². The van der Waals surface area contributed by atoms with E-state index in [9.17, 15) is 22.8 Å². The molecule has 0 aliphatic carbocycles. The number of aromatic nitrogens is 1. The van der Waals surface area contributed by atoms with Crippen LogP contribution in [0.1, 0.15) is 22.8 Å². The van der Waals surface area contributed by atoms with Gasteiger partial charge in [0.1, 0.15) is 0 Å². The van der Waals surface area contributed by atoms with Crippen LogP contribution in [0.4, 0.5) is 13.2 Å². The van der Waals surface area contributed by atoms with Crippen LogP contribution >= 0.6 is 11.6 Å². The molecule has 0 N–H and O–H groups in total. The second-order valence-electron chi connectivity index (χ2n) is 4.43. The molecule has 0 bridgehead atoms. The van der Waals surface area contributed by atoms with Crippen LogP contribution in [-0.2, 0) is 6.54 Å². The van der Waals surface area contributed by atoms with Gasteiger partial charge in [0, 0.05) is 6.20 Å². The van der Waals surface area contributed by atoms with Crippen molar-refractivity contribution in [3.05, 3.63) is 68.4 Å². The van der Waals surface area contributed by atoms with E-state index in [0.29, 0.717) is 0 Å². The molecule has 1 aromatic heterocycles. The van der Waals surface area contributed by atoms with E-state index in [4.69, 9.17) is 11.6 Å². The Bertz CT molecular complexity index is 763. The molecule has 3 nitrogen and oxygen atoms in total. The summed E-state index contributed by atoms with van der Waals surface area (Å²) < 4.78 is 40.2. The van der Waals surface area contributed by atoms with Gasteiger partial charge in [-0.1, -0.05) is 11.6 Å². The lowest BCUT2D eigenvalue weighted by Crippen LogP contribution is -2.25. The van der Waals surface area contributed by atoms with Gasteiger partial charge in [0.15, 0.2) is 23.2 Å². The summed E-state index contributed by atoms with van der Waals surface area (Å²) in [5.41, 5.74) is -0.743. The van der Waals surface area contributed by atoms with Crippen LogP contribution < -0.4 is 5.56 Å².